The van der Waals surface area contributed by atoms with Gasteiger partial charge in [-0.25, -0.2) is 19.2 Å². The highest BCUT2D eigenvalue weighted by Crippen LogP contribution is 2.32. The van der Waals surface area contributed by atoms with Crippen molar-refractivity contribution in [2.75, 3.05) is 77.6 Å². The van der Waals surface area contributed by atoms with Gasteiger partial charge in [0.15, 0.2) is 0 Å². The molecule has 0 saturated carbocycles. The number of hydrogen-bond donors (Lipinski definition) is 8. The summed E-state index contributed by atoms with van der Waals surface area (Å²) in [6.45, 7) is 0. The minimum absolute atomic E-state index is 0.0303. The van der Waals surface area contributed by atoms with E-state index in [4.69, 9.17) is 0 Å². The predicted octanol–water partition coefficient (Wildman–Crippen LogP) is 7.96. The molecule has 0 heterocycles. The van der Waals surface area contributed by atoms with Crippen LogP contribution in [0.25, 0.3) is 0 Å². The van der Waals surface area contributed by atoms with Gasteiger partial charge in [0, 0.05) is 79.1 Å². The summed E-state index contributed by atoms with van der Waals surface area (Å²) in [6.07, 6.45) is 3.00. The van der Waals surface area contributed by atoms with Crippen molar-refractivity contribution in [2.45, 2.75) is 0 Å². The number of para-hydroxylation sites is 4. The largest absolute Gasteiger partial charge is 0.478 e. The number of anilines is 8. The summed E-state index contributed by atoms with van der Waals surface area (Å²) >= 11 is 0. The fraction of sp³-hybridized carbons (Fsp3) is 0.154. The lowest BCUT2D eigenvalue weighted by Gasteiger charge is -2.15. The average Bonchev–Trinajstić information content (AvgIpc) is 3.36. The van der Waals surface area contributed by atoms with Crippen molar-refractivity contribution in [2.24, 2.45) is 0 Å². The van der Waals surface area contributed by atoms with Crippen molar-refractivity contribution >= 4 is 95.0 Å². The Bertz CT molecular complexity index is 2270. The zero-order chi connectivity index (χ0) is 54.2. The molecule has 0 unspecified atom stereocenters. The number of nitrogens with zero attached hydrogens (tertiary/aromatic N) is 4. The highest BCUT2D eigenvalue weighted by atomic mass is 16.4. The highest BCUT2D eigenvalue weighted by molar-refractivity contribution is 6.04. The lowest BCUT2D eigenvalue weighted by molar-refractivity contribution is -0.116. The smallest absolute Gasteiger partial charge is 0.337 e. The molecule has 20 heteroatoms. The maximum atomic E-state index is 11.7. The molecule has 4 amide bonds. The van der Waals surface area contributed by atoms with Crippen LogP contribution in [0.1, 0.15) is 41.4 Å². The minimum Gasteiger partial charge on any atom is -0.478 e. The molecular weight excluding hydrogens is 929 g/mol. The Kier molecular flexibility index (Phi) is 27.5. The van der Waals surface area contributed by atoms with Crippen LogP contribution in [0.5, 0.6) is 0 Å². The third-order valence-electron chi connectivity index (χ3n) is 8.29. The molecule has 0 spiro atoms. The van der Waals surface area contributed by atoms with Gasteiger partial charge in [-0.2, -0.15) is 0 Å². The molecule has 0 aliphatic heterocycles. The Morgan fingerprint density at radius 2 is 0.458 bits per heavy atom. The standard InChI is InChI=1S/2C20H16N2O4.4C3H7NO/c2*23-19(24)15-12-18(22-14-9-5-2-6-10-14)16(20(25)26)11-17(15)21-13-7-3-1-4-8-13;4*1-4(2)3-5/h2*1-12,21-22H,(H,23,24)(H,25,26);4*3H,1-2H3. The molecule has 0 fully saturated rings. The Balaban J connectivity index is 0.000000524. The summed E-state index contributed by atoms with van der Waals surface area (Å²) in [5.74, 6) is -4.62. The van der Waals surface area contributed by atoms with E-state index >= 15 is 0 Å². The summed E-state index contributed by atoms with van der Waals surface area (Å²) in [5, 5.41) is 50.1. The molecule has 8 N–H and O–H groups in total. The van der Waals surface area contributed by atoms with E-state index < -0.39 is 23.9 Å². The van der Waals surface area contributed by atoms with E-state index in [-0.39, 0.29) is 45.0 Å². The van der Waals surface area contributed by atoms with Gasteiger partial charge in [-0.05, 0) is 72.8 Å². The van der Waals surface area contributed by atoms with Gasteiger partial charge < -0.3 is 61.3 Å². The van der Waals surface area contributed by atoms with Gasteiger partial charge in [-0.3, -0.25) is 19.2 Å². The number of carbonyl (C=O) groups excluding carboxylic acids is 4. The van der Waals surface area contributed by atoms with Gasteiger partial charge in [-0.1, -0.05) is 72.8 Å². The highest BCUT2D eigenvalue weighted by Gasteiger charge is 2.21. The van der Waals surface area contributed by atoms with Crippen LogP contribution in [-0.4, -0.2) is 146 Å². The van der Waals surface area contributed by atoms with Gasteiger partial charge in [0.25, 0.3) is 0 Å². The topological polar surface area (TPSA) is 279 Å². The summed E-state index contributed by atoms with van der Waals surface area (Å²) in [4.78, 5) is 90.2. The summed E-state index contributed by atoms with van der Waals surface area (Å²) in [6, 6.07) is 41.1. The van der Waals surface area contributed by atoms with Crippen LogP contribution in [0.3, 0.4) is 0 Å². The second-order valence-corrected chi connectivity index (χ2v) is 15.3. The molecule has 0 radical (unpaired) electrons. The molecule has 380 valence electrons. The Labute approximate surface area is 417 Å². The first-order valence-electron chi connectivity index (χ1n) is 21.2. The van der Waals surface area contributed by atoms with Gasteiger partial charge in [0.1, 0.15) is 0 Å². The second-order valence-electron chi connectivity index (χ2n) is 15.3. The third-order valence-corrected chi connectivity index (χ3v) is 8.29. The molecule has 0 aliphatic rings. The first-order valence-corrected chi connectivity index (χ1v) is 21.2. The molecule has 6 aromatic rings. The van der Waals surface area contributed by atoms with Gasteiger partial charge >= 0.3 is 23.9 Å². The second kappa shape index (κ2) is 32.9. The number of carbonyl (C=O) groups is 8. The van der Waals surface area contributed by atoms with Crippen LogP contribution in [0, 0.1) is 0 Å². The lowest BCUT2D eigenvalue weighted by atomic mass is 10.1. The third kappa shape index (κ3) is 23.8. The van der Waals surface area contributed by atoms with Crippen LogP contribution in [0.4, 0.5) is 45.5 Å². The van der Waals surface area contributed by atoms with Crippen LogP contribution >= 0.6 is 0 Å². The molecule has 20 nitrogen and oxygen atoms in total. The predicted molar refractivity (Wildman–Crippen MR) is 279 cm³/mol. The van der Waals surface area contributed by atoms with Crippen molar-refractivity contribution < 1.29 is 58.8 Å². The number of rotatable bonds is 16. The van der Waals surface area contributed by atoms with Gasteiger partial charge in [0.2, 0.25) is 25.6 Å². The molecule has 6 rings (SSSR count). The molecular formula is C52H60N8O12. The monoisotopic (exact) mass is 988 g/mol. The SMILES string of the molecule is CN(C)C=O.CN(C)C=O.CN(C)C=O.CN(C)C=O.O=C(O)c1cc(Nc2ccccc2)c(C(=O)O)cc1Nc1ccccc1.O=C(O)c1cc(Nc2ccccc2)c(C(=O)O)cc1Nc1ccccc1. The molecule has 0 aliphatic carbocycles. The van der Waals surface area contributed by atoms with Crippen molar-refractivity contribution in [3.8, 4) is 0 Å². The maximum absolute atomic E-state index is 11.7. The summed E-state index contributed by atoms with van der Waals surface area (Å²) < 4.78 is 0. The Morgan fingerprint density at radius 3 is 0.569 bits per heavy atom. The first-order chi connectivity index (χ1) is 34.2. The lowest BCUT2D eigenvalue weighted by Crippen LogP contribution is -2.09. The van der Waals surface area contributed by atoms with E-state index in [1.165, 1.54) is 43.9 Å². The number of benzene rings is 6. The number of amides is 4. The van der Waals surface area contributed by atoms with Crippen LogP contribution in [0.2, 0.25) is 0 Å². The first kappa shape index (κ1) is 60.3. The number of hydrogen-bond acceptors (Lipinski definition) is 12. The summed E-state index contributed by atoms with van der Waals surface area (Å²) in [5.41, 5.74) is 3.36. The average molecular weight is 989 g/mol. The van der Waals surface area contributed by atoms with Crippen molar-refractivity contribution in [1.82, 2.24) is 19.6 Å². The molecule has 0 atom stereocenters. The van der Waals surface area contributed by atoms with E-state index in [0.29, 0.717) is 22.7 Å². The normalized spacial score (nSPS) is 9.22. The maximum Gasteiger partial charge on any atom is 0.337 e. The van der Waals surface area contributed by atoms with E-state index in [9.17, 15) is 58.8 Å². The van der Waals surface area contributed by atoms with Crippen molar-refractivity contribution in [1.29, 1.82) is 0 Å². The van der Waals surface area contributed by atoms with Crippen LogP contribution < -0.4 is 21.3 Å². The Morgan fingerprint density at radius 1 is 0.319 bits per heavy atom. The van der Waals surface area contributed by atoms with Gasteiger partial charge in [0.05, 0.1) is 45.0 Å². The molecule has 6 aromatic carbocycles. The zero-order valence-electron chi connectivity index (χ0n) is 41.0. The number of aromatic carboxylic acids is 4. The van der Waals surface area contributed by atoms with E-state index in [0.717, 1.165) is 25.6 Å². The van der Waals surface area contributed by atoms with E-state index in [1.54, 1.807) is 153 Å². The van der Waals surface area contributed by atoms with E-state index in [1.807, 2.05) is 24.3 Å². The van der Waals surface area contributed by atoms with Crippen LogP contribution in [0.15, 0.2) is 146 Å². The molecule has 0 bridgehead atoms. The molecule has 0 aromatic heterocycles. The van der Waals surface area contributed by atoms with Crippen LogP contribution in [-0.2, 0) is 19.2 Å². The fourth-order valence-corrected chi connectivity index (χ4v) is 5.03. The number of nitrogens with one attached hydrogen (secondary N) is 4. The van der Waals surface area contributed by atoms with Crippen molar-refractivity contribution in [3.05, 3.63) is 168 Å². The molecule has 0 saturated heterocycles. The molecule has 72 heavy (non-hydrogen) atoms. The fourth-order valence-electron chi connectivity index (χ4n) is 5.03. The van der Waals surface area contributed by atoms with Gasteiger partial charge in [-0.15, -0.1) is 0 Å². The minimum atomic E-state index is -1.16. The number of carboxylic acid groups (broad SMARTS) is 4. The van der Waals surface area contributed by atoms with E-state index in [2.05, 4.69) is 21.3 Å². The van der Waals surface area contributed by atoms with Crippen molar-refractivity contribution in [3.63, 3.8) is 0 Å². The quantitative estimate of drug-likeness (QED) is 0.0427. The summed E-state index contributed by atoms with van der Waals surface area (Å²) in [7, 11) is 13.5. The number of carboxylic acids is 4. The zero-order valence-corrected chi connectivity index (χ0v) is 41.0. The Hall–Kier alpha value is -9.72.